The van der Waals surface area contributed by atoms with Crippen molar-refractivity contribution in [2.75, 3.05) is 0 Å². The van der Waals surface area contributed by atoms with Crippen LogP contribution in [0.15, 0.2) is 21.1 Å². The maximum Gasteiger partial charge on any atom is 0.387 e. The van der Waals surface area contributed by atoms with Crippen molar-refractivity contribution in [2.45, 2.75) is 6.61 Å². The Kier molecular flexibility index (Phi) is 4.04. The van der Waals surface area contributed by atoms with Crippen molar-refractivity contribution < 1.29 is 23.4 Å². The van der Waals surface area contributed by atoms with Crippen LogP contribution in [-0.2, 0) is 0 Å². The third kappa shape index (κ3) is 3.13. The summed E-state index contributed by atoms with van der Waals surface area (Å²) >= 11 is 5.99. The standard InChI is InChI=1S/C8H4Br2F2O3/c9-3-1-4(10)6(7(13)14)5(2-3)15-8(11)12/h1-2,8H,(H,13,14). The van der Waals surface area contributed by atoms with Gasteiger partial charge in [0, 0.05) is 8.95 Å². The molecule has 0 aliphatic carbocycles. The fourth-order valence-electron chi connectivity index (χ4n) is 0.946. The Hall–Kier alpha value is -0.690. The van der Waals surface area contributed by atoms with E-state index in [1.54, 1.807) is 0 Å². The molecule has 0 saturated carbocycles. The molecule has 0 unspecified atom stereocenters. The molecular weight excluding hydrogens is 342 g/mol. The van der Waals surface area contributed by atoms with E-state index >= 15 is 0 Å². The molecule has 0 aliphatic rings. The first-order valence-electron chi connectivity index (χ1n) is 3.59. The van der Waals surface area contributed by atoms with Gasteiger partial charge in [-0.2, -0.15) is 8.78 Å². The summed E-state index contributed by atoms with van der Waals surface area (Å²) < 4.78 is 28.7. The Labute approximate surface area is 100 Å². The van der Waals surface area contributed by atoms with Crippen LogP contribution in [0, 0.1) is 0 Å². The molecule has 15 heavy (non-hydrogen) atoms. The Morgan fingerprint density at radius 3 is 2.47 bits per heavy atom. The van der Waals surface area contributed by atoms with Crippen LogP contribution in [0.25, 0.3) is 0 Å². The number of ether oxygens (including phenoxy) is 1. The highest BCUT2D eigenvalue weighted by molar-refractivity contribution is 9.11. The number of benzene rings is 1. The average Bonchev–Trinajstić information content (AvgIpc) is 1.99. The maximum atomic E-state index is 12.0. The topological polar surface area (TPSA) is 46.5 Å². The monoisotopic (exact) mass is 344 g/mol. The van der Waals surface area contributed by atoms with Crippen LogP contribution >= 0.6 is 31.9 Å². The van der Waals surface area contributed by atoms with Crippen LogP contribution in [0.2, 0.25) is 0 Å². The van der Waals surface area contributed by atoms with Gasteiger partial charge < -0.3 is 9.84 Å². The van der Waals surface area contributed by atoms with Crippen molar-refractivity contribution in [1.82, 2.24) is 0 Å². The summed E-state index contributed by atoms with van der Waals surface area (Å²) in [5.41, 5.74) is -0.335. The summed E-state index contributed by atoms with van der Waals surface area (Å²) in [7, 11) is 0. The lowest BCUT2D eigenvalue weighted by Gasteiger charge is -2.09. The summed E-state index contributed by atoms with van der Waals surface area (Å²) in [4.78, 5) is 10.8. The SMILES string of the molecule is O=C(O)c1c(Br)cc(Br)cc1OC(F)F. The molecule has 1 N–H and O–H groups in total. The smallest absolute Gasteiger partial charge is 0.387 e. The van der Waals surface area contributed by atoms with Gasteiger partial charge in [-0.15, -0.1) is 0 Å². The van der Waals surface area contributed by atoms with Gasteiger partial charge in [-0.1, -0.05) is 15.9 Å². The first-order valence-corrected chi connectivity index (χ1v) is 5.17. The lowest BCUT2D eigenvalue weighted by molar-refractivity contribution is -0.0504. The van der Waals surface area contributed by atoms with Gasteiger partial charge in [-0.3, -0.25) is 0 Å². The van der Waals surface area contributed by atoms with Crippen LogP contribution in [0.4, 0.5) is 8.78 Å². The number of carboxylic acids is 1. The van der Waals surface area contributed by atoms with Crippen LogP contribution < -0.4 is 4.74 Å². The van der Waals surface area contributed by atoms with Gasteiger partial charge in [0.15, 0.2) is 0 Å². The highest BCUT2D eigenvalue weighted by atomic mass is 79.9. The van der Waals surface area contributed by atoms with E-state index in [1.807, 2.05) is 0 Å². The minimum atomic E-state index is -3.07. The molecule has 0 amide bonds. The minimum Gasteiger partial charge on any atom is -0.478 e. The van der Waals surface area contributed by atoms with Crippen LogP contribution in [0.3, 0.4) is 0 Å². The predicted molar refractivity (Wildman–Crippen MR) is 55.4 cm³/mol. The second-order valence-corrected chi connectivity index (χ2v) is 4.21. The average molecular weight is 346 g/mol. The molecule has 1 aromatic rings. The van der Waals surface area contributed by atoms with E-state index in [-0.39, 0.29) is 10.0 Å². The van der Waals surface area contributed by atoms with Crippen molar-refractivity contribution in [2.24, 2.45) is 0 Å². The van der Waals surface area contributed by atoms with Gasteiger partial charge in [-0.05, 0) is 28.1 Å². The van der Waals surface area contributed by atoms with E-state index in [9.17, 15) is 13.6 Å². The third-order valence-electron chi connectivity index (χ3n) is 1.45. The molecule has 0 atom stereocenters. The van der Waals surface area contributed by atoms with Crippen molar-refractivity contribution in [3.05, 3.63) is 26.6 Å². The molecule has 0 aliphatic heterocycles. The normalized spacial score (nSPS) is 10.5. The van der Waals surface area contributed by atoms with Crippen LogP contribution in [0.1, 0.15) is 10.4 Å². The van der Waals surface area contributed by atoms with Crippen molar-refractivity contribution in [3.8, 4) is 5.75 Å². The second kappa shape index (κ2) is 4.89. The molecule has 7 heteroatoms. The Balaban J connectivity index is 3.27. The van der Waals surface area contributed by atoms with Gasteiger partial charge in [0.05, 0.1) is 0 Å². The summed E-state index contributed by atoms with van der Waals surface area (Å²) in [6, 6.07) is 2.60. The lowest BCUT2D eigenvalue weighted by Crippen LogP contribution is -2.08. The third-order valence-corrected chi connectivity index (χ3v) is 2.53. The molecule has 0 saturated heterocycles. The largest absolute Gasteiger partial charge is 0.478 e. The highest BCUT2D eigenvalue weighted by Gasteiger charge is 2.19. The van der Waals surface area contributed by atoms with E-state index in [1.165, 1.54) is 12.1 Å². The maximum absolute atomic E-state index is 12.0. The van der Waals surface area contributed by atoms with Crippen LogP contribution in [-0.4, -0.2) is 17.7 Å². The fraction of sp³-hybridized carbons (Fsp3) is 0.125. The molecule has 0 heterocycles. The molecule has 0 fully saturated rings. The Morgan fingerprint density at radius 2 is 2.00 bits per heavy atom. The number of carbonyl (C=O) groups is 1. The zero-order valence-electron chi connectivity index (χ0n) is 7.01. The number of halogens is 4. The summed E-state index contributed by atoms with van der Waals surface area (Å²) in [6.07, 6.45) is 0. The molecule has 1 aromatic carbocycles. The highest BCUT2D eigenvalue weighted by Crippen LogP contribution is 2.32. The zero-order chi connectivity index (χ0) is 11.6. The van der Waals surface area contributed by atoms with Gasteiger partial charge >= 0.3 is 12.6 Å². The zero-order valence-corrected chi connectivity index (χ0v) is 10.2. The van der Waals surface area contributed by atoms with Gasteiger partial charge in [0.1, 0.15) is 11.3 Å². The molecular formula is C8H4Br2F2O3. The van der Waals surface area contributed by atoms with E-state index in [0.29, 0.717) is 4.47 Å². The van der Waals surface area contributed by atoms with E-state index < -0.39 is 18.3 Å². The number of rotatable bonds is 3. The molecule has 0 aromatic heterocycles. The van der Waals surface area contributed by atoms with Crippen molar-refractivity contribution >= 4 is 37.8 Å². The van der Waals surface area contributed by atoms with Gasteiger partial charge in [-0.25, -0.2) is 4.79 Å². The summed E-state index contributed by atoms with van der Waals surface area (Å²) in [6.45, 7) is -3.07. The van der Waals surface area contributed by atoms with E-state index in [0.717, 1.165) is 0 Å². The second-order valence-electron chi connectivity index (χ2n) is 2.44. The first kappa shape index (κ1) is 12.4. The van der Waals surface area contributed by atoms with Gasteiger partial charge in [0.2, 0.25) is 0 Å². The number of hydrogen-bond acceptors (Lipinski definition) is 2. The number of carboxylic acid groups (broad SMARTS) is 1. The Morgan fingerprint density at radius 1 is 1.40 bits per heavy atom. The Bertz CT molecular complexity index is 396. The van der Waals surface area contributed by atoms with Crippen molar-refractivity contribution in [1.29, 1.82) is 0 Å². The molecule has 82 valence electrons. The van der Waals surface area contributed by atoms with E-state index in [4.69, 9.17) is 5.11 Å². The first-order chi connectivity index (χ1) is 6.91. The molecule has 0 bridgehead atoms. The molecule has 1 rings (SSSR count). The fourth-order valence-corrected chi connectivity index (χ4v) is 2.30. The summed E-state index contributed by atoms with van der Waals surface area (Å²) in [5.74, 6) is -1.73. The molecule has 3 nitrogen and oxygen atoms in total. The molecule has 0 radical (unpaired) electrons. The minimum absolute atomic E-state index is 0.167. The number of hydrogen-bond donors (Lipinski definition) is 1. The molecule has 0 spiro atoms. The van der Waals surface area contributed by atoms with Crippen molar-refractivity contribution in [3.63, 3.8) is 0 Å². The predicted octanol–water partition coefficient (Wildman–Crippen LogP) is 3.51. The quantitative estimate of drug-likeness (QED) is 0.911. The van der Waals surface area contributed by atoms with Gasteiger partial charge in [0.25, 0.3) is 0 Å². The number of alkyl halides is 2. The summed E-state index contributed by atoms with van der Waals surface area (Å²) in [5, 5.41) is 8.78. The number of aromatic carboxylic acids is 1. The lowest BCUT2D eigenvalue weighted by atomic mass is 10.2. The van der Waals surface area contributed by atoms with E-state index in [2.05, 4.69) is 36.6 Å². The van der Waals surface area contributed by atoms with Crippen LogP contribution in [0.5, 0.6) is 5.75 Å².